The van der Waals surface area contributed by atoms with Gasteiger partial charge < -0.3 is 10.4 Å². The van der Waals surface area contributed by atoms with Crippen molar-refractivity contribution in [2.24, 2.45) is 7.05 Å². The molecule has 0 aliphatic rings. The summed E-state index contributed by atoms with van der Waals surface area (Å²) < 4.78 is 2.06. The zero-order valence-corrected chi connectivity index (χ0v) is 11.4. The molecule has 0 spiro atoms. The third kappa shape index (κ3) is 2.27. The highest BCUT2D eigenvalue weighted by molar-refractivity contribution is 14.1. The number of rotatable bonds is 4. The second-order valence-electron chi connectivity index (χ2n) is 3.54. The summed E-state index contributed by atoms with van der Waals surface area (Å²) in [7, 11) is 1.65. The lowest BCUT2D eigenvalue weighted by molar-refractivity contribution is 0.292. The predicted octanol–water partition coefficient (Wildman–Crippen LogP) is 0.0555. The molecule has 2 aromatic rings. The van der Waals surface area contributed by atoms with Crippen molar-refractivity contribution in [3.8, 4) is 0 Å². The zero-order valence-electron chi connectivity index (χ0n) is 9.20. The van der Waals surface area contributed by atoms with Gasteiger partial charge in [0.15, 0.2) is 5.65 Å². The molecule has 2 rings (SSSR count). The summed E-state index contributed by atoms with van der Waals surface area (Å²) in [5.41, 5.74) is 0.337. The number of aliphatic hydroxyl groups is 1. The van der Waals surface area contributed by atoms with Crippen LogP contribution in [0.15, 0.2) is 4.79 Å². The number of aliphatic hydroxyl groups excluding tert-OH is 1. The fourth-order valence-corrected chi connectivity index (χ4v) is 2.07. The van der Waals surface area contributed by atoms with E-state index < -0.39 is 0 Å². The van der Waals surface area contributed by atoms with Crippen LogP contribution in [-0.2, 0) is 7.05 Å². The first-order valence-electron chi connectivity index (χ1n) is 5.10. The zero-order chi connectivity index (χ0) is 12.4. The molecule has 92 valence electrons. The summed E-state index contributed by atoms with van der Waals surface area (Å²) in [5.74, 6) is 0.469. The highest BCUT2D eigenvalue weighted by atomic mass is 127. The molecule has 0 radical (unpaired) electrons. The van der Waals surface area contributed by atoms with E-state index in [1.54, 1.807) is 7.05 Å². The molecule has 0 bridgehead atoms. The van der Waals surface area contributed by atoms with Crippen molar-refractivity contribution in [3.05, 3.63) is 14.1 Å². The second kappa shape index (κ2) is 5.00. The molecule has 0 saturated heterocycles. The van der Waals surface area contributed by atoms with Crippen LogP contribution < -0.4 is 10.9 Å². The van der Waals surface area contributed by atoms with Crippen LogP contribution in [0.3, 0.4) is 0 Å². The molecule has 2 heterocycles. The van der Waals surface area contributed by atoms with Crippen LogP contribution in [0.4, 0.5) is 5.95 Å². The fraction of sp³-hybridized carbons (Fsp3) is 0.444. The first-order chi connectivity index (χ1) is 8.15. The van der Waals surface area contributed by atoms with E-state index in [1.165, 1.54) is 4.57 Å². The molecule has 0 unspecified atom stereocenters. The Balaban J connectivity index is 2.44. The molecule has 0 fully saturated rings. The lowest BCUT2D eigenvalue weighted by Gasteiger charge is -2.08. The molecular formula is C9H12IN5O2. The quantitative estimate of drug-likeness (QED) is 0.536. The van der Waals surface area contributed by atoms with Crippen LogP contribution in [0.25, 0.3) is 11.0 Å². The Morgan fingerprint density at radius 1 is 1.59 bits per heavy atom. The van der Waals surface area contributed by atoms with Gasteiger partial charge in [0, 0.05) is 20.2 Å². The van der Waals surface area contributed by atoms with E-state index >= 15 is 0 Å². The molecular weight excluding hydrogens is 337 g/mol. The smallest absolute Gasteiger partial charge is 0.266 e. The van der Waals surface area contributed by atoms with E-state index in [0.717, 1.165) is 0 Å². The number of nitrogens with zero attached hydrogens (tertiary/aromatic N) is 3. The van der Waals surface area contributed by atoms with Gasteiger partial charge in [0.2, 0.25) is 5.95 Å². The van der Waals surface area contributed by atoms with Crippen molar-refractivity contribution in [1.82, 2.24) is 19.7 Å². The van der Waals surface area contributed by atoms with Gasteiger partial charge in [-0.15, -0.1) is 0 Å². The average molecular weight is 349 g/mol. The lowest BCUT2D eigenvalue weighted by atomic mass is 10.4. The van der Waals surface area contributed by atoms with Gasteiger partial charge in [0.05, 0.1) is 0 Å². The van der Waals surface area contributed by atoms with Crippen molar-refractivity contribution >= 4 is 39.6 Å². The van der Waals surface area contributed by atoms with Gasteiger partial charge in [-0.05, 0) is 29.0 Å². The second-order valence-corrected chi connectivity index (χ2v) is 4.56. The molecule has 0 aliphatic heterocycles. The van der Waals surface area contributed by atoms with Gasteiger partial charge in [0.1, 0.15) is 9.09 Å². The maximum atomic E-state index is 12.0. The summed E-state index contributed by atoms with van der Waals surface area (Å²) in [5, 5.41) is 18.9. The van der Waals surface area contributed by atoms with Crippen molar-refractivity contribution in [2.45, 2.75) is 6.42 Å². The molecule has 0 saturated carbocycles. The third-order valence-electron chi connectivity index (χ3n) is 2.37. The minimum Gasteiger partial charge on any atom is -0.396 e. The first-order valence-corrected chi connectivity index (χ1v) is 6.18. The van der Waals surface area contributed by atoms with Gasteiger partial charge in [0.25, 0.3) is 5.56 Å². The van der Waals surface area contributed by atoms with E-state index in [2.05, 4.69) is 20.5 Å². The number of anilines is 1. The molecule has 8 heteroatoms. The summed E-state index contributed by atoms with van der Waals surface area (Å²) >= 11 is 1.99. The topological polar surface area (TPSA) is 95.8 Å². The average Bonchev–Trinajstić information content (AvgIpc) is 2.67. The maximum Gasteiger partial charge on any atom is 0.266 e. The molecule has 0 atom stereocenters. The number of H-pyrrole nitrogens is 1. The number of hydrogen-bond donors (Lipinski definition) is 3. The van der Waals surface area contributed by atoms with Crippen molar-refractivity contribution in [3.63, 3.8) is 0 Å². The van der Waals surface area contributed by atoms with E-state index in [4.69, 9.17) is 5.11 Å². The number of hydrogen-bond acceptors (Lipinski definition) is 5. The van der Waals surface area contributed by atoms with Crippen LogP contribution in [0.5, 0.6) is 0 Å². The van der Waals surface area contributed by atoms with Crippen LogP contribution in [0.2, 0.25) is 0 Å². The molecule has 0 aromatic carbocycles. The Labute approximate surface area is 110 Å². The van der Waals surface area contributed by atoms with Crippen LogP contribution >= 0.6 is 22.6 Å². The summed E-state index contributed by atoms with van der Waals surface area (Å²) in [6, 6.07) is 0. The largest absolute Gasteiger partial charge is 0.396 e. The van der Waals surface area contributed by atoms with E-state index in [-0.39, 0.29) is 12.2 Å². The minimum absolute atomic E-state index is 0.102. The number of aromatic nitrogens is 4. The van der Waals surface area contributed by atoms with Gasteiger partial charge in [-0.25, -0.2) is 0 Å². The number of nitrogens with one attached hydrogen (secondary N) is 2. The number of aromatic amines is 1. The Bertz CT molecular complexity index is 591. The predicted molar refractivity (Wildman–Crippen MR) is 72.0 cm³/mol. The SMILES string of the molecule is Cn1c(NCCCO)nc2[nH]nc(I)c2c1=O. The normalized spacial score (nSPS) is 11.0. The van der Waals surface area contributed by atoms with Crippen LogP contribution in [-0.4, -0.2) is 38.0 Å². The Hall–Kier alpha value is -1.16. The number of fused-ring (bicyclic) bond motifs is 1. The highest BCUT2D eigenvalue weighted by Crippen LogP contribution is 2.13. The molecule has 3 N–H and O–H groups in total. The van der Waals surface area contributed by atoms with Gasteiger partial charge in [-0.1, -0.05) is 0 Å². The Morgan fingerprint density at radius 2 is 2.35 bits per heavy atom. The maximum absolute atomic E-state index is 12.0. The van der Waals surface area contributed by atoms with Crippen LogP contribution in [0, 0.1) is 3.70 Å². The minimum atomic E-state index is -0.139. The van der Waals surface area contributed by atoms with Crippen LogP contribution in [0.1, 0.15) is 6.42 Å². The Kier molecular flexibility index (Phi) is 3.62. The highest BCUT2D eigenvalue weighted by Gasteiger charge is 2.12. The van der Waals surface area contributed by atoms with Gasteiger partial charge >= 0.3 is 0 Å². The van der Waals surface area contributed by atoms with Crippen molar-refractivity contribution in [1.29, 1.82) is 0 Å². The third-order valence-corrected chi connectivity index (χ3v) is 3.16. The lowest BCUT2D eigenvalue weighted by Crippen LogP contribution is -2.23. The summed E-state index contributed by atoms with van der Waals surface area (Å²) in [4.78, 5) is 16.3. The van der Waals surface area contributed by atoms with Gasteiger partial charge in [-0.3, -0.25) is 14.5 Å². The molecule has 7 nitrogen and oxygen atoms in total. The van der Waals surface area contributed by atoms with E-state index in [9.17, 15) is 4.79 Å². The first kappa shape index (κ1) is 12.3. The molecule has 0 aliphatic carbocycles. The monoisotopic (exact) mass is 349 g/mol. The molecule has 17 heavy (non-hydrogen) atoms. The van der Waals surface area contributed by atoms with Gasteiger partial charge in [-0.2, -0.15) is 10.1 Å². The van der Waals surface area contributed by atoms with Crippen molar-refractivity contribution in [2.75, 3.05) is 18.5 Å². The number of halogens is 1. The molecule has 0 amide bonds. The fourth-order valence-electron chi connectivity index (χ4n) is 1.46. The van der Waals surface area contributed by atoms with E-state index in [0.29, 0.717) is 33.6 Å². The molecule has 2 aromatic heterocycles. The summed E-state index contributed by atoms with van der Waals surface area (Å²) in [6.07, 6.45) is 0.606. The standard InChI is InChI=1S/C9H12IN5O2/c1-15-8(17)5-6(10)13-14-7(5)12-9(15)11-3-2-4-16/h16H,2-4H2,1H3,(H2,11,12,13,14). The Morgan fingerprint density at radius 3 is 3.06 bits per heavy atom. The van der Waals surface area contributed by atoms with E-state index in [1.807, 2.05) is 22.6 Å². The van der Waals surface area contributed by atoms with Crippen molar-refractivity contribution < 1.29 is 5.11 Å². The summed E-state index contributed by atoms with van der Waals surface area (Å²) in [6.45, 7) is 0.665.